The first-order chi connectivity index (χ1) is 12.4. The first-order valence-electron chi connectivity index (χ1n) is 8.21. The molecule has 0 spiro atoms. The second kappa shape index (κ2) is 5.91. The van der Waals surface area contributed by atoms with Crippen LogP contribution in [-0.4, -0.2) is 75.5 Å². The molecule has 26 heavy (non-hydrogen) atoms. The number of nitrogens with zero attached hydrogens (tertiary/aromatic N) is 6. The van der Waals surface area contributed by atoms with Crippen LogP contribution >= 0.6 is 11.6 Å². The number of benzene rings is 1. The van der Waals surface area contributed by atoms with E-state index in [4.69, 9.17) is 11.6 Å². The Morgan fingerprint density at radius 2 is 1.96 bits per heavy atom. The number of hydrogen-bond acceptors (Lipinski definition) is 5. The molecule has 8 nitrogen and oxygen atoms in total. The number of guanidine groups is 1. The highest BCUT2D eigenvalue weighted by Gasteiger charge is 2.53. The average Bonchev–Trinajstić information content (AvgIpc) is 2.99. The predicted octanol–water partition coefficient (Wildman–Crippen LogP) is 1.20. The molecule has 0 aliphatic carbocycles. The summed E-state index contributed by atoms with van der Waals surface area (Å²) in [5.74, 6) is 0.704. The van der Waals surface area contributed by atoms with Gasteiger partial charge in [-0.25, -0.2) is 9.37 Å². The third-order valence-corrected chi connectivity index (χ3v) is 5.08. The number of aliphatic imine (C=N–C) groups is 1. The molecule has 0 aromatic heterocycles. The van der Waals surface area contributed by atoms with Crippen LogP contribution in [0.15, 0.2) is 34.4 Å². The standard InChI is InChI=1S/C17H18ClN6O2/c1-10-8-23-13-14(21(2)17(26)22(3)15(13)25)19-16(23)24(20-10)9-11-6-4-5-7-12(11)18/h4-7,13H,8-9H2,1-3H3/q+1. The molecule has 1 saturated heterocycles. The van der Waals surface area contributed by atoms with Crippen LogP contribution in [0.3, 0.4) is 0 Å². The van der Waals surface area contributed by atoms with E-state index in [-0.39, 0.29) is 11.9 Å². The Hall–Kier alpha value is -2.74. The number of carbonyl (C=O) groups is 2. The van der Waals surface area contributed by atoms with Gasteiger partial charge in [-0.05, 0) is 13.0 Å². The van der Waals surface area contributed by atoms with E-state index in [1.54, 1.807) is 12.1 Å². The van der Waals surface area contributed by atoms with Gasteiger partial charge in [0.25, 0.3) is 5.91 Å². The Kier molecular flexibility index (Phi) is 3.80. The maximum Gasteiger partial charge on any atom is 0.417 e. The number of hydrazone groups is 1. The molecule has 0 bridgehead atoms. The van der Waals surface area contributed by atoms with Crippen LogP contribution in [0.4, 0.5) is 4.79 Å². The maximum atomic E-state index is 12.7. The zero-order chi connectivity index (χ0) is 18.6. The Morgan fingerprint density at radius 3 is 2.69 bits per heavy atom. The van der Waals surface area contributed by atoms with Crippen molar-refractivity contribution >= 4 is 41.0 Å². The number of urea groups is 1. The Bertz CT molecular complexity index is 922. The smallest absolute Gasteiger partial charge is 0.270 e. The number of imide groups is 1. The lowest BCUT2D eigenvalue weighted by molar-refractivity contribution is -0.528. The number of likely N-dealkylation sites (N-methyl/N-ethyl adjacent to an activating group) is 2. The van der Waals surface area contributed by atoms with Crippen molar-refractivity contribution in [1.82, 2.24) is 14.8 Å². The summed E-state index contributed by atoms with van der Waals surface area (Å²) in [7, 11) is 3.12. The van der Waals surface area contributed by atoms with Crippen molar-refractivity contribution in [3.05, 3.63) is 34.9 Å². The van der Waals surface area contributed by atoms with Crippen LogP contribution in [0.2, 0.25) is 5.02 Å². The number of fused-ring (bicyclic) bond motifs is 2. The van der Waals surface area contributed by atoms with E-state index < -0.39 is 6.04 Å². The molecule has 1 aromatic carbocycles. The molecular weight excluding hydrogens is 356 g/mol. The summed E-state index contributed by atoms with van der Waals surface area (Å²) in [6, 6.07) is 6.53. The summed E-state index contributed by atoms with van der Waals surface area (Å²) < 4.78 is 1.89. The summed E-state index contributed by atoms with van der Waals surface area (Å²) in [4.78, 5) is 32.1. The molecule has 0 N–H and O–H groups in total. The number of amidine groups is 1. The molecule has 1 atom stereocenters. The lowest BCUT2D eigenvalue weighted by atomic mass is 10.1. The van der Waals surface area contributed by atoms with Crippen LogP contribution in [0, 0.1) is 0 Å². The van der Waals surface area contributed by atoms with Crippen LogP contribution in [0.5, 0.6) is 0 Å². The Morgan fingerprint density at radius 1 is 1.23 bits per heavy atom. The zero-order valence-electron chi connectivity index (χ0n) is 14.7. The first kappa shape index (κ1) is 16.7. The van der Waals surface area contributed by atoms with E-state index in [0.717, 1.165) is 16.2 Å². The molecule has 134 valence electrons. The van der Waals surface area contributed by atoms with Gasteiger partial charge in [-0.1, -0.05) is 34.8 Å². The van der Waals surface area contributed by atoms with Gasteiger partial charge in [0.2, 0.25) is 11.9 Å². The van der Waals surface area contributed by atoms with Crippen LogP contribution < -0.4 is 0 Å². The summed E-state index contributed by atoms with van der Waals surface area (Å²) in [6.45, 7) is 2.81. The number of rotatable bonds is 2. The van der Waals surface area contributed by atoms with Gasteiger partial charge in [0, 0.05) is 24.7 Å². The number of hydrogen-bond donors (Lipinski definition) is 0. The monoisotopic (exact) mass is 373 g/mol. The van der Waals surface area contributed by atoms with Gasteiger partial charge in [-0.3, -0.25) is 14.6 Å². The Balaban J connectivity index is 1.75. The molecule has 4 rings (SSSR count). The van der Waals surface area contributed by atoms with E-state index in [0.29, 0.717) is 29.9 Å². The molecule has 0 radical (unpaired) electrons. The molecule has 3 aliphatic heterocycles. The third kappa shape index (κ3) is 2.40. The van der Waals surface area contributed by atoms with Crippen molar-refractivity contribution < 1.29 is 14.2 Å². The highest BCUT2D eigenvalue weighted by atomic mass is 35.5. The molecule has 1 unspecified atom stereocenters. The van der Waals surface area contributed by atoms with Gasteiger partial charge >= 0.3 is 12.0 Å². The van der Waals surface area contributed by atoms with Gasteiger partial charge in [0.15, 0.2) is 0 Å². The highest BCUT2D eigenvalue weighted by molar-refractivity contribution is 6.31. The predicted molar refractivity (Wildman–Crippen MR) is 97.4 cm³/mol. The maximum absolute atomic E-state index is 12.7. The minimum absolute atomic E-state index is 0.283. The average molecular weight is 374 g/mol. The van der Waals surface area contributed by atoms with Crippen LogP contribution in [-0.2, 0) is 11.3 Å². The fourth-order valence-electron chi connectivity index (χ4n) is 3.38. The van der Waals surface area contributed by atoms with Gasteiger partial charge in [0.1, 0.15) is 13.1 Å². The second-order valence-electron chi connectivity index (χ2n) is 6.52. The van der Waals surface area contributed by atoms with Crippen molar-refractivity contribution in [2.24, 2.45) is 10.1 Å². The van der Waals surface area contributed by atoms with E-state index >= 15 is 0 Å². The van der Waals surface area contributed by atoms with Gasteiger partial charge in [-0.15, -0.1) is 10.1 Å². The summed E-state index contributed by atoms with van der Waals surface area (Å²) >= 11 is 6.28. The quantitative estimate of drug-likeness (QED) is 0.731. The molecule has 1 aromatic rings. The third-order valence-electron chi connectivity index (χ3n) is 4.71. The summed E-state index contributed by atoms with van der Waals surface area (Å²) in [5, 5.41) is 6.96. The molecule has 3 heterocycles. The van der Waals surface area contributed by atoms with E-state index in [2.05, 4.69) is 10.1 Å². The van der Waals surface area contributed by atoms with Crippen molar-refractivity contribution in [1.29, 1.82) is 0 Å². The lowest BCUT2D eigenvalue weighted by Gasteiger charge is -2.32. The molecular formula is C17H18ClN6O2+. The summed E-state index contributed by atoms with van der Waals surface area (Å²) in [5.41, 5.74) is 1.76. The van der Waals surface area contributed by atoms with E-state index in [9.17, 15) is 9.59 Å². The normalized spacial score (nSPS) is 22.5. The van der Waals surface area contributed by atoms with Crippen molar-refractivity contribution in [3.8, 4) is 0 Å². The van der Waals surface area contributed by atoms with E-state index in [1.165, 1.54) is 11.9 Å². The first-order valence-corrected chi connectivity index (χ1v) is 8.58. The molecule has 9 heteroatoms. The molecule has 1 fully saturated rings. The zero-order valence-corrected chi connectivity index (χ0v) is 15.4. The largest absolute Gasteiger partial charge is 0.417 e. The fourth-order valence-corrected chi connectivity index (χ4v) is 3.57. The van der Waals surface area contributed by atoms with Crippen molar-refractivity contribution in [3.63, 3.8) is 0 Å². The van der Waals surface area contributed by atoms with Gasteiger partial charge in [-0.2, -0.15) is 0 Å². The lowest BCUT2D eigenvalue weighted by Crippen LogP contribution is -2.62. The van der Waals surface area contributed by atoms with Crippen molar-refractivity contribution in [2.45, 2.75) is 19.5 Å². The fraction of sp³-hybridized carbons (Fsp3) is 0.353. The summed E-state index contributed by atoms with van der Waals surface area (Å²) in [6.07, 6.45) is 0. The highest BCUT2D eigenvalue weighted by Crippen LogP contribution is 2.24. The van der Waals surface area contributed by atoms with Crippen molar-refractivity contribution in [2.75, 3.05) is 20.6 Å². The minimum atomic E-state index is -0.614. The van der Waals surface area contributed by atoms with Gasteiger partial charge in [0.05, 0.1) is 5.71 Å². The number of amides is 3. The minimum Gasteiger partial charge on any atom is -0.270 e. The van der Waals surface area contributed by atoms with E-state index in [1.807, 2.05) is 35.8 Å². The molecule has 0 saturated carbocycles. The van der Waals surface area contributed by atoms with Crippen LogP contribution in [0.25, 0.3) is 0 Å². The molecule has 3 amide bonds. The van der Waals surface area contributed by atoms with Crippen LogP contribution in [0.1, 0.15) is 12.5 Å². The number of carbonyl (C=O) groups excluding carboxylic acids is 2. The second-order valence-corrected chi connectivity index (χ2v) is 6.93. The number of halogens is 1. The molecule has 3 aliphatic rings. The van der Waals surface area contributed by atoms with Gasteiger partial charge < -0.3 is 0 Å². The Labute approximate surface area is 155 Å². The SMILES string of the molecule is CC1=NN(Cc2ccccc2Cl)C2=[N+](C1)C1C(=O)N(C)C(=O)N(C)C1=N2. The topological polar surface area (TPSA) is 71.6 Å².